The van der Waals surface area contributed by atoms with Crippen LogP contribution >= 0.6 is 0 Å². The highest BCUT2D eigenvalue weighted by Crippen LogP contribution is 2.30. The molecule has 0 amide bonds. The zero-order chi connectivity index (χ0) is 14.7. The highest BCUT2D eigenvalue weighted by atomic mass is 14.2. The Morgan fingerprint density at radius 2 is 1.65 bits per heavy atom. The van der Waals surface area contributed by atoms with E-state index >= 15 is 0 Å². The van der Waals surface area contributed by atoms with Gasteiger partial charge in [0, 0.05) is 0 Å². The number of aryl methyl sites for hydroxylation is 3. The molecule has 0 bridgehead atoms. The Bertz CT molecular complexity index is 632. The van der Waals surface area contributed by atoms with Crippen LogP contribution in [0.3, 0.4) is 0 Å². The summed E-state index contributed by atoms with van der Waals surface area (Å²) in [5.74, 6) is 0. The first kappa shape index (κ1) is 14.6. The molecule has 0 heteroatoms. The third-order valence-corrected chi connectivity index (χ3v) is 4.16. The van der Waals surface area contributed by atoms with Crippen molar-refractivity contribution in [2.45, 2.75) is 40.5 Å². The van der Waals surface area contributed by atoms with Gasteiger partial charge in [-0.2, -0.15) is 0 Å². The van der Waals surface area contributed by atoms with Crippen LogP contribution in [0.15, 0.2) is 43.0 Å². The quantitative estimate of drug-likeness (QED) is 0.685. The van der Waals surface area contributed by atoms with Crippen LogP contribution in [0.25, 0.3) is 5.57 Å². The predicted octanol–water partition coefficient (Wildman–Crippen LogP) is 5.49. The van der Waals surface area contributed by atoms with Crippen molar-refractivity contribution in [2.24, 2.45) is 0 Å². The van der Waals surface area contributed by atoms with E-state index in [-0.39, 0.29) is 0 Å². The van der Waals surface area contributed by atoms with Crippen LogP contribution < -0.4 is 0 Å². The van der Waals surface area contributed by atoms with E-state index in [0.717, 1.165) is 18.4 Å². The number of rotatable bonds is 4. The van der Waals surface area contributed by atoms with Gasteiger partial charge < -0.3 is 0 Å². The summed E-state index contributed by atoms with van der Waals surface area (Å²) >= 11 is 0. The maximum Gasteiger partial charge on any atom is -0.0149 e. The molecule has 0 unspecified atom stereocenters. The smallest absolute Gasteiger partial charge is 0.0149 e. The van der Waals surface area contributed by atoms with Crippen LogP contribution in [0.1, 0.15) is 47.2 Å². The fraction of sp³-hybridized carbons (Fsp3) is 0.300. The minimum atomic E-state index is 1.07. The Morgan fingerprint density at radius 3 is 2.25 bits per heavy atom. The van der Waals surface area contributed by atoms with Crippen molar-refractivity contribution in [3.8, 4) is 0 Å². The third kappa shape index (κ3) is 2.70. The van der Waals surface area contributed by atoms with Gasteiger partial charge in [0.2, 0.25) is 0 Å². The first-order chi connectivity index (χ1) is 9.58. The van der Waals surface area contributed by atoms with Crippen LogP contribution in [-0.4, -0.2) is 0 Å². The standard InChI is InChI=1S/C20H24/c1-6-17-12-18(7-2)15(4)20(13-17)16(5)19-11-9-8-10-14(19)3/h8-13H,5-7H2,1-4H3. The van der Waals surface area contributed by atoms with Crippen molar-refractivity contribution in [3.63, 3.8) is 0 Å². The molecule has 2 aromatic rings. The molecule has 0 heterocycles. The van der Waals surface area contributed by atoms with Crippen LogP contribution in [0.2, 0.25) is 0 Å². The van der Waals surface area contributed by atoms with Crippen LogP contribution in [0.5, 0.6) is 0 Å². The zero-order valence-corrected chi connectivity index (χ0v) is 13.1. The zero-order valence-electron chi connectivity index (χ0n) is 13.1. The van der Waals surface area contributed by atoms with Crippen LogP contribution in [0, 0.1) is 13.8 Å². The molecule has 0 N–H and O–H groups in total. The highest BCUT2D eigenvalue weighted by Gasteiger charge is 2.11. The second-order valence-electron chi connectivity index (χ2n) is 5.43. The predicted molar refractivity (Wildman–Crippen MR) is 89.3 cm³/mol. The number of benzene rings is 2. The van der Waals surface area contributed by atoms with E-state index in [1.807, 2.05) is 0 Å². The Hall–Kier alpha value is -1.82. The Balaban J connectivity index is 2.57. The van der Waals surface area contributed by atoms with Crippen molar-refractivity contribution < 1.29 is 0 Å². The lowest BCUT2D eigenvalue weighted by atomic mass is 9.88. The maximum atomic E-state index is 4.37. The number of hydrogen-bond donors (Lipinski definition) is 0. The molecule has 2 aromatic carbocycles. The first-order valence-electron chi connectivity index (χ1n) is 7.46. The number of hydrogen-bond acceptors (Lipinski definition) is 0. The van der Waals surface area contributed by atoms with Gasteiger partial charge >= 0.3 is 0 Å². The molecule has 0 nitrogen and oxygen atoms in total. The minimum absolute atomic E-state index is 1.07. The van der Waals surface area contributed by atoms with E-state index in [1.54, 1.807) is 0 Å². The Labute approximate surface area is 123 Å². The summed E-state index contributed by atoms with van der Waals surface area (Å²) in [5.41, 5.74) is 9.20. The lowest BCUT2D eigenvalue weighted by molar-refractivity contribution is 1.06. The van der Waals surface area contributed by atoms with Gasteiger partial charge in [-0.25, -0.2) is 0 Å². The van der Waals surface area contributed by atoms with E-state index in [4.69, 9.17) is 0 Å². The molecular formula is C20H24. The summed E-state index contributed by atoms with van der Waals surface area (Å²) in [7, 11) is 0. The second-order valence-corrected chi connectivity index (χ2v) is 5.43. The third-order valence-electron chi connectivity index (χ3n) is 4.16. The SMILES string of the molecule is C=C(c1ccccc1C)c1cc(CC)cc(CC)c1C. The highest BCUT2D eigenvalue weighted by molar-refractivity contribution is 5.82. The molecule has 0 aliphatic rings. The average Bonchev–Trinajstić information content (AvgIpc) is 2.47. The lowest BCUT2D eigenvalue weighted by Gasteiger charge is -2.16. The Kier molecular flexibility index (Phi) is 4.44. The molecular weight excluding hydrogens is 240 g/mol. The molecule has 0 saturated carbocycles. The van der Waals surface area contributed by atoms with Gasteiger partial charge in [-0.1, -0.05) is 56.8 Å². The molecule has 20 heavy (non-hydrogen) atoms. The van der Waals surface area contributed by atoms with Crippen molar-refractivity contribution in [1.82, 2.24) is 0 Å². The van der Waals surface area contributed by atoms with Crippen molar-refractivity contribution in [2.75, 3.05) is 0 Å². The van der Waals surface area contributed by atoms with Gasteiger partial charge in [0.05, 0.1) is 0 Å². The molecule has 0 aromatic heterocycles. The van der Waals surface area contributed by atoms with Gasteiger partial charge in [-0.3, -0.25) is 0 Å². The summed E-state index contributed by atoms with van der Waals surface area (Å²) in [6, 6.07) is 13.1. The molecule has 0 atom stereocenters. The molecule has 0 fully saturated rings. The summed E-state index contributed by atoms with van der Waals surface area (Å²) in [6.07, 6.45) is 2.15. The molecule has 2 rings (SSSR count). The summed E-state index contributed by atoms with van der Waals surface area (Å²) in [5, 5.41) is 0. The molecule has 0 spiro atoms. The van der Waals surface area contributed by atoms with Gasteiger partial charge in [0.15, 0.2) is 0 Å². The largest absolute Gasteiger partial charge is 0.0905 e. The molecule has 0 aliphatic carbocycles. The van der Waals surface area contributed by atoms with E-state index in [2.05, 4.69) is 70.7 Å². The van der Waals surface area contributed by atoms with Crippen molar-refractivity contribution in [1.29, 1.82) is 0 Å². The summed E-state index contributed by atoms with van der Waals surface area (Å²) in [6.45, 7) is 13.2. The van der Waals surface area contributed by atoms with E-state index in [1.165, 1.54) is 33.4 Å². The Morgan fingerprint density at radius 1 is 0.950 bits per heavy atom. The van der Waals surface area contributed by atoms with Crippen molar-refractivity contribution in [3.05, 3.63) is 76.4 Å². The molecule has 0 radical (unpaired) electrons. The average molecular weight is 264 g/mol. The van der Waals surface area contributed by atoms with E-state index in [9.17, 15) is 0 Å². The maximum absolute atomic E-state index is 4.37. The minimum Gasteiger partial charge on any atom is -0.0905 e. The topological polar surface area (TPSA) is 0 Å². The molecule has 104 valence electrons. The monoisotopic (exact) mass is 264 g/mol. The van der Waals surface area contributed by atoms with Crippen LogP contribution in [-0.2, 0) is 12.8 Å². The summed E-state index contributed by atoms with van der Waals surface area (Å²) < 4.78 is 0. The van der Waals surface area contributed by atoms with Gasteiger partial charge in [0.1, 0.15) is 0 Å². The second kappa shape index (κ2) is 6.09. The normalized spacial score (nSPS) is 10.6. The molecule has 0 saturated heterocycles. The fourth-order valence-corrected chi connectivity index (χ4v) is 2.78. The van der Waals surface area contributed by atoms with Gasteiger partial charge in [-0.05, 0) is 65.6 Å². The molecule has 0 aliphatic heterocycles. The van der Waals surface area contributed by atoms with E-state index in [0.29, 0.717) is 0 Å². The van der Waals surface area contributed by atoms with Crippen LogP contribution in [0.4, 0.5) is 0 Å². The van der Waals surface area contributed by atoms with Gasteiger partial charge in [0.25, 0.3) is 0 Å². The first-order valence-corrected chi connectivity index (χ1v) is 7.46. The van der Waals surface area contributed by atoms with E-state index < -0.39 is 0 Å². The van der Waals surface area contributed by atoms with Gasteiger partial charge in [-0.15, -0.1) is 0 Å². The summed E-state index contributed by atoms with van der Waals surface area (Å²) in [4.78, 5) is 0. The van der Waals surface area contributed by atoms with Crippen molar-refractivity contribution >= 4 is 5.57 Å². The lowest BCUT2D eigenvalue weighted by Crippen LogP contribution is -1.99. The fourth-order valence-electron chi connectivity index (χ4n) is 2.78.